The third kappa shape index (κ3) is 5.49. The lowest BCUT2D eigenvalue weighted by Crippen LogP contribution is -2.36. The van der Waals surface area contributed by atoms with Crippen LogP contribution < -0.4 is 5.32 Å². The van der Waals surface area contributed by atoms with Gasteiger partial charge in [-0.25, -0.2) is 0 Å². The van der Waals surface area contributed by atoms with E-state index >= 15 is 0 Å². The number of amides is 1. The molecule has 1 saturated carbocycles. The summed E-state index contributed by atoms with van der Waals surface area (Å²) in [4.78, 5) is 23.3. The molecule has 0 bridgehead atoms. The topological polar surface area (TPSA) is 64.6 Å². The zero-order chi connectivity index (χ0) is 14.2. The van der Waals surface area contributed by atoms with Crippen molar-refractivity contribution in [2.75, 3.05) is 13.2 Å². The molecule has 0 aromatic rings. The van der Waals surface area contributed by atoms with Crippen molar-refractivity contribution < 1.29 is 19.1 Å². The summed E-state index contributed by atoms with van der Waals surface area (Å²) in [6.45, 7) is 1.08. The molecule has 1 heterocycles. The van der Waals surface area contributed by atoms with Gasteiger partial charge in [-0.3, -0.25) is 9.59 Å². The maximum atomic E-state index is 11.7. The van der Waals surface area contributed by atoms with E-state index in [-0.39, 0.29) is 30.8 Å². The summed E-state index contributed by atoms with van der Waals surface area (Å²) in [5.41, 5.74) is 0. The van der Waals surface area contributed by atoms with Gasteiger partial charge in [-0.05, 0) is 25.7 Å². The van der Waals surface area contributed by atoms with Crippen LogP contribution in [0.4, 0.5) is 0 Å². The number of rotatable bonds is 6. The number of nitrogens with one attached hydrogen (secondary N) is 1. The number of hydrogen-bond acceptors (Lipinski definition) is 4. The van der Waals surface area contributed by atoms with Crippen LogP contribution in [0.3, 0.4) is 0 Å². The van der Waals surface area contributed by atoms with Crippen molar-refractivity contribution in [1.82, 2.24) is 5.32 Å². The Balaban J connectivity index is 1.53. The minimum atomic E-state index is -0.306. The van der Waals surface area contributed by atoms with Crippen molar-refractivity contribution in [2.45, 2.75) is 69.9 Å². The van der Waals surface area contributed by atoms with Crippen LogP contribution in [0, 0.1) is 0 Å². The smallest absolute Gasteiger partial charge is 0.306 e. The van der Waals surface area contributed by atoms with Crippen LogP contribution in [-0.4, -0.2) is 37.2 Å². The Morgan fingerprint density at radius 2 is 1.85 bits per heavy atom. The number of hydrogen-bond donors (Lipinski definition) is 1. The summed E-state index contributed by atoms with van der Waals surface area (Å²) in [6.07, 6.45) is 8.19. The van der Waals surface area contributed by atoms with Gasteiger partial charge in [0, 0.05) is 19.1 Å². The molecule has 20 heavy (non-hydrogen) atoms. The van der Waals surface area contributed by atoms with Gasteiger partial charge in [0.25, 0.3) is 0 Å². The first kappa shape index (κ1) is 15.3. The Morgan fingerprint density at radius 1 is 1.05 bits per heavy atom. The molecule has 1 unspecified atom stereocenters. The SMILES string of the molecule is O=C(CCC(=O)OCC1CCCO1)NC1CCCCC1. The Bertz CT molecular complexity index is 320. The predicted octanol–water partition coefficient (Wildman–Crippen LogP) is 1.94. The van der Waals surface area contributed by atoms with Crippen LogP contribution in [0.1, 0.15) is 57.8 Å². The van der Waals surface area contributed by atoms with Crippen molar-refractivity contribution in [2.24, 2.45) is 0 Å². The summed E-state index contributed by atoms with van der Waals surface area (Å²) in [5, 5.41) is 3.00. The molecule has 1 saturated heterocycles. The van der Waals surface area contributed by atoms with Crippen molar-refractivity contribution in [3.8, 4) is 0 Å². The van der Waals surface area contributed by atoms with Crippen molar-refractivity contribution >= 4 is 11.9 Å². The molecule has 2 rings (SSSR count). The molecular formula is C15H25NO4. The number of carbonyl (C=O) groups is 2. The first-order valence-electron chi connectivity index (χ1n) is 7.80. The predicted molar refractivity (Wildman–Crippen MR) is 74.2 cm³/mol. The molecule has 1 aliphatic carbocycles. The van der Waals surface area contributed by atoms with Gasteiger partial charge in [0.2, 0.25) is 5.91 Å². The third-order valence-electron chi connectivity index (χ3n) is 3.98. The Labute approximate surface area is 120 Å². The average molecular weight is 283 g/mol. The fourth-order valence-electron chi connectivity index (χ4n) is 2.80. The molecule has 1 atom stereocenters. The average Bonchev–Trinajstić information content (AvgIpc) is 2.97. The summed E-state index contributed by atoms with van der Waals surface area (Å²) in [7, 11) is 0. The lowest BCUT2D eigenvalue weighted by Gasteiger charge is -2.22. The van der Waals surface area contributed by atoms with Gasteiger partial charge >= 0.3 is 5.97 Å². The van der Waals surface area contributed by atoms with Crippen LogP contribution in [-0.2, 0) is 19.1 Å². The van der Waals surface area contributed by atoms with E-state index in [2.05, 4.69) is 5.32 Å². The fourth-order valence-corrected chi connectivity index (χ4v) is 2.80. The molecule has 5 nitrogen and oxygen atoms in total. The molecule has 0 radical (unpaired) electrons. The largest absolute Gasteiger partial charge is 0.463 e. The lowest BCUT2D eigenvalue weighted by molar-refractivity contribution is -0.148. The highest BCUT2D eigenvalue weighted by Gasteiger charge is 2.19. The highest BCUT2D eigenvalue weighted by molar-refractivity contribution is 5.81. The molecule has 1 aliphatic heterocycles. The van der Waals surface area contributed by atoms with Gasteiger partial charge in [-0.15, -0.1) is 0 Å². The van der Waals surface area contributed by atoms with Crippen molar-refractivity contribution in [3.05, 3.63) is 0 Å². The van der Waals surface area contributed by atoms with Crippen LogP contribution in [0.25, 0.3) is 0 Å². The van der Waals surface area contributed by atoms with Crippen molar-refractivity contribution in [1.29, 1.82) is 0 Å². The summed E-state index contributed by atoms with van der Waals surface area (Å²) in [6, 6.07) is 0.305. The first-order chi connectivity index (χ1) is 9.74. The standard InChI is InChI=1S/C15H25NO4/c17-14(16-12-5-2-1-3-6-12)8-9-15(18)20-11-13-7-4-10-19-13/h12-13H,1-11H2,(H,16,17). The highest BCUT2D eigenvalue weighted by Crippen LogP contribution is 2.17. The van der Waals surface area contributed by atoms with Crippen molar-refractivity contribution in [3.63, 3.8) is 0 Å². The molecular weight excluding hydrogens is 258 g/mol. The Hall–Kier alpha value is -1.10. The number of ether oxygens (including phenoxy) is 2. The van der Waals surface area contributed by atoms with Crippen LogP contribution in [0.5, 0.6) is 0 Å². The van der Waals surface area contributed by atoms with E-state index < -0.39 is 0 Å². The summed E-state index contributed by atoms with van der Waals surface area (Å²) < 4.78 is 10.5. The van der Waals surface area contributed by atoms with E-state index in [9.17, 15) is 9.59 Å². The molecule has 2 aliphatic rings. The van der Waals surface area contributed by atoms with Crippen LogP contribution in [0.15, 0.2) is 0 Å². The van der Waals surface area contributed by atoms with E-state index in [0.717, 1.165) is 32.3 Å². The first-order valence-corrected chi connectivity index (χ1v) is 7.80. The van der Waals surface area contributed by atoms with Crippen LogP contribution >= 0.6 is 0 Å². The van der Waals surface area contributed by atoms with E-state index in [1.54, 1.807) is 0 Å². The van der Waals surface area contributed by atoms with E-state index in [0.29, 0.717) is 12.6 Å². The molecule has 0 aromatic heterocycles. The second kappa shape index (κ2) is 8.25. The van der Waals surface area contributed by atoms with E-state index in [4.69, 9.17) is 9.47 Å². The van der Waals surface area contributed by atoms with Gasteiger partial charge in [0.1, 0.15) is 6.61 Å². The number of carbonyl (C=O) groups excluding carboxylic acids is 2. The molecule has 0 spiro atoms. The minimum absolute atomic E-state index is 0.0361. The van der Waals surface area contributed by atoms with E-state index in [1.807, 2.05) is 0 Å². The monoisotopic (exact) mass is 283 g/mol. The minimum Gasteiger partial charge on any atom is -0.463 e. The Kier molecular flexibility index (Phi) is 6.30. The molecule has 114 valence electrons. The third-order valence-corrected chi connectivity index (χ3v) is 3.98. The highest BCUT2D eigenvalue weighted by atomic mass is 16.6. The fraction of sp³-hybridized carbons (Fsp3) is 0.867. The maximum Gasteiger partial charge on any atom is 0.306 e. The van der Waals surface area contributed by atoms with Gasteiger partial charge in [-0.1, -0.05) is 19.3 Å². The van der Waals surface area contributed by atoms with Gasteiger partial charge in [-0.2, -0.15) is 0 Å². The lowest BCUT2D eigenvalue weighted by atomic mass is 9.95. The summed E-state index contributed by atoms with van der Waals surface area (Å²) in [5.74, 6) is -0.342. The second-order valence-corrected chi connectivity index (χ2v) is 5.72. The molecule has 1 amide bonds. The Morgan fingerprint density at radius 3 is 2.55 bits per heavy atom. The normalized spacial score (nSPS) is 23.5. The maximum absolute atomic E-state index is 11.7. The number of esters is 1. The van der Waals surface area contributed by atoms with Gasteiger partial charge in [0.05, 0.1) is 12.5 Å². The quantitative estimate of drug-likeness (QED) is 0.757. The molecule has 0 aromatic carbocycles. The van der Waals surface area contributed by atoms with E-state index in [1.165, 1.54) is 19.3 Å². The van der Waals surface area contributed by atoms with Gasteiger partial charge in [0.15, 0.2) is 0 Å². The molecule has 2 fully saturated rings. The van der Waals surface area contributed by atoms with Gasteiger partial charge < -0.3 is 14.8 Å². The second-order valence-electron chi connectivity index (χ2n) is 5.72. The summed E-state index contributed by atoms with van der Waals surface area (Å²) >= 11 is 0. The molecule has 5 heteroatoms. The zero-order valence-corrected chi connectivity index (χ0v) is 12.1. The van der Waals surface area contributed by atoms with Crippen LogP contribution in [0.2, 0.25) is 0 Å². The molecule has 1 N–H and O–H groups in total. The zero-order valence-electron chi connectivity index (χ0n) is 12.1.